The first-order valence-electron chi connectivity index (χ1n) is 8.76. The second-order valence-corrected chi connectivity index (χ2v) is 6.48. The number of benzene rings is 2. The number of carbonyl (C=O) groups is 1. The maximum Gasteiger partial charge on any atom is 0.317 e. The van der Waals surface area contributed by atoms with Gasteiger partial charge in [-0.2, -0.15) is 0 Å². The van der Waals surface area contributed by atoms with Gasteiger partial charge in [0.05, 0.1) is 0 Å². The number of rotatable bonds is 6. The summed E-state index contributed by atoms with van der Waals surface area (Å²) in [7, 11) is 0. The number of esters is 1. The topological polar surface area (TPSA) is 29.5 Å². The van der Waals surface area contributed by atoms with Crippen LogP contribution in [0, 0.1) is 0 Å². The average molecular weight is 360 g/mol. The van der Waals surface area contributed by atoms with Crippen molar-refractivity contribution in [2.75, 3.05) is 19.7 Å². The van der Waals surface area contributed by atoms with Gasteiger partial charge in [0, 0.05) is 6.04 Å². The van der Waals surface area contributed by atoms with Gasteiger partial charge in [-0.25, -0.2) is 0 Å². The van der Waals surface area contributed by atoms with Gasteiger partial charge in [-0.05, 0) is 44.0 Å². The molecule has 1 aliphatic rings. The van der Waals surface area contributed by atoms with Gasteiger partial charge in [0.15, 0.2) is 0 Å². The van der Waals surface area contributed by atoms with Crippen LogP contribution in [0.3, 0.4) is 0 Å². The summed E-state index contributed by atoms with van der Waals surface area (Å²) in [6.07, 6.45) is 2.49. The van der Waals surface area contributed by atoms with Crippen LogP contribution in [0.2, 0.25) is 0 Å². The molecule has 0 bridgehead atoms. The lowest BCUT2D eigenvalue weighted by molar-refractivity contribution is -0.146. The number of hydrogen-bond donors (Lipinski definition) is 0. The lowest BCUT2D eigenvalue weighted by Gasteiger charge is -2.24. The van der Waals surface area contributed by atoms with Crippen molar-refractivity contribution in [2.45, 2.75) is 31.7 Å². The summed E-state index contributed by atoms with van der Waals surface area (Å²) in [5.74, 6) is -0.531. The second kappa shape index (κ2) is 9.59. The SMILES string of the molecule is CC(COC(=O)C(c1ccccc1)c1ccccc1)N1CCCC1.Cl. The zero-order valence-corrected chi connectivity index (χ0v) is 15.5. The van der Waals surface area contributed by atoms with Crippen molar-refractivity contribution < 1.29 is 9.53 Å². The van der Waals surface area contributed by atoms with E-state index in [9.17, 15) is 4.79 Å². The molecule has 25 heavy (non-hydrogen) atoms. The van der Waals surface area contributed by atoms with Crippen molar-refractivity contribution in [2.24, 2.45) is 0 Å². The maximum absolute atomic E-state index is 12.8. The Balaban J connectivity index is 0.00000225. The van der Waals surface area contributed by atoms with E-state index in [4.69, 9.17) is 4.74 Å². The molecule has 3 nitrogen and oxygen atoms in total. The molecule has 1 unspecified atom stereocenters. The fraction of sp³-hybridized carbons (Fsp3) is 0.381. The summed E-state index contributed by atoms with van der Waals surface area (Å²) in [5, 5.41) is 0. The van der Waals surface area contributed by atoms with Crippen molar-refractivity contribution in [3.8, 4) is 0 Å². The Hall–Kier alpha value is -1.84. The molecule has 134 valence electrons. The molecule has 1 aliphatic heterocycles. The molecule has 0 radical (unpaired) electrons. The molecular formula is C21H26ClNO2. The molecule has 1 heterocycles. The first-order valence-corrected chi connectivity index (χ1v) is 8.76. The van der Waals surface area contributed by atoms with E-state index in [0.29, 0.717) is 6.61 Å². The van der Waals surface area contributed by atoms with Crippen molar-refractivity contribution in [3.63, 3.8) is 0 Å². The highest BCUT2D eigenvalue weighted by atomic mass is 35.5. The van der Waals surface area contributed by atoms with Gasteiger partial charge in [-0.15, -0.1) is 12.4 Å². The highest BCUT2D eigenvalue weighted by Crippen LogP contribution is 2.26. The molecule has 0 aromatic heterocycles. The van der Waals surface area contributed by atoms with E-state index in [1.807, 2.05) is 60.7 Å². The number of nitrogens with zero attached hydrogens (tertiary/aromatic N) is 1. The zero-order chi connectivity index (χ0) is 16.8. The van der Waals surface area contributed by atoms with Crippen LogP contribution < -0.4 is 0 Å². The highest BCUT2D eigenvalue weighted by molar-refractivity contribution is 5.85. The Labute approximate surface area is 156 Å². The molecule has 2 aromatic carbocycles. The molecule has 1 saturated heterocycles. The van der Waals surface area contributed by atoms with Crippen LogP contribution in [-0.2, 0) is 9.53 Å². The minimum absolute atomic E-state index is 0. The third kappa shape index (κ3) is 5.07. The van der Waals surface area contributed by atoms with Crippen LogP contribution in [0.15, 0.2) is 60.7 Å². The molecule has 0 spiro atoms. The first-order chi connectivity index (χ1) is 11.8. The molecule has 3 rings (SSSR count). The molecule has 4 heteroatoms. The van der Waals surface area contributed by atoms with Gasteiger partial charge in [0.2, 0.25) is 0 Å². The number of likely N-dealkylation sites (tertiary alicyclic amines) is 1. The standard InChI is InChI=1S/C21H25NO2.ClH/c1-17(22-14-8-9-15-22)16-24-21(23)20(18-10-4-2-5-11-18)19-12-6-3-7-13-19;/h2-7,10-13,17,20H,8-9,14-16H2,1H3;1H. The van der Waals surface area contributed by atoms with Gasteiger partial charge in [-0.3, -0.25) is 9.69 Å². The molecule has 2 aromatic rings. The number of ether oxygens (including phenoxy) is 1. The fourth-order valence-corrected chi connectivity index (χ4v) is 3.33. The lowest BCUT2D eigenvalue weighted by Crippen LogP contribution is -2.35. The Morgan fingerprint density at radius 3 is 1.92 bits per heavy atom. The van der Waals surface area contributed by atoms with Crippen LogP contribution in [-0.4, -0.2) is 36.6 Å². The Morgan fingerprint density at radius 1 is 0.960 bits per heavy atom. The minimum Gasteiger partial charge on any atom is -0.463 e. The van der Waals surface area contributed by atoms with Crippen LogP contribution in [0.25, 0.3) is 0 Å². The Bertz CT molecular complexity index is 602. The van der Waals surface area contributed by atoms with E-state index < -0.39 is 0 Å². The number of hydrogen-bond acceptors (Lipinski definition) is 3. The molecular weight excluding hydrogens is 334 g/mol. The van der Waals surface area contributed by atoms with Crippen molar-refractivity contribution >= 4 is 18.4 Å². The molecule has 0 aliphatic carbocycles. The summed E-state index contributed by atoms with van der Waals surface area (Å²) in [5.41, 5.74) is 1.95. The monoisotopic (exact) mass is 359 g/mol. The third-order valence-electron chi connectivity index (χ3n) is 4.73. The van der Waals surface area contributed by atoms with E-state index >= 15 is 0 Å². The quantitative estimate of drug-likeness (QED) is 0.721. The minimum atomic E-state index is -0.363. The molecule has 0 saturated carbocycles. The van der Waals surface area contributed by atoms with Gasteiger partial charge in [0.25, 0.3) is 0 Å². The van der Waals surface area contributed by atoms with E-state index in [-0.39, 0.29) is 30.3 Å². The van der Waals surface area contributed by atoms with Crippen LogP contribution in [0.5, 0.6) is 0 Å². The normalized spacial score (nSPS) is 15.6. The number of halogens is 1. The van der Waals surface area contributed by atoms with Gasteiger partial charge >= 0.3 is 5.97 Å². The van der Waals surface area contributed by atoms with E-state index in [0.717, 1.165) is 24.2 Å². The van der Waals surface area contributed by atoms with Crippen molar-refractivity contribution in [1.82, 2.24) is 4.90 Å². The smallest absolute Gasteiger partial charge is 0.317 e. The summed E-state index contributed by atoms with van der Waals surface area (Å²) < 4.78 is 5.71. The molecule has 0 amide bonds. The summed E-state index contributed by atoms with van der Waals surface area (Å²) in [6, 6.07) is 20.0. The lowest BCUT2D eigenvalue weighted by atomic mass is 9.91. The third-order valence-corrected chi connectivity index (χ3v) is 4.73. The van der Waals surface area contributed by atoms with Crippen LogP contribution in [0.1, 0.15) is 36.8 Å². The fourth-order valence-electron chi connectivity index (χ4n) is 3.33. The predicted molar refractivity (Wildman–Crippen MR) is 103 cm³/mol. The van der Waals surface area contributed by atoms with Gasteiger partial charge in [0.1, 0.15) is 12.5 Å². The molecule has 0 N–H and O–H groups in total. The molecule has 1 atom stereocenters. The van der Waals surface area contributed by atoms with Gasteiger partial charge in [-0.1, -0.05) is 60.7 Å². The van der Waals surface area contributed by atoms with E-state index in [2.05, 4.69) is 11.8 Å². The summed E-state index contributed by atoms with van der Waals surface area (Å²) >= 11 is 0. The first kappa shape index (κ1) is 19.5. The van der Waals surface area contributed by atoms with E-state index in [1.165, 1.54) is 12.8 Å². The summed E-state index contributed by atoms with van der Waals surface area (Å²) in [4.78, 5) is 15.2. The molecule has 1 fully saturated rings. The number of carbonyl (C=O) groups excluding carboxylic acids is 1. The maximum atomic E-state index is 12.8. The zero-order valence-electron chi connectivity index (χ0n) is 14.6. The van der Waals surface area contributed by atoms with E-state index in [1.54, 1.807) is 0 Å². The second-order valence-electron chi connectivity index (χ2n) is 6.48. The Kier molecular flexibility index (Phi) is 7.48. The average Bonchev–Trinajstić information content (AvgIpc) is 3.16. The summed E-state index contributed by atoms with van der Waals surface area (Å²) in [6.45, 7) is 4.81. The van der Waals surface area contributed by atoms with Crippen LogP contribution in [0.4, 0.5) is 0 Å². The Morgan fingerprint density at radius 2 is 1.44 bits per heavy atom. The largest absolute Gasteiger partial charge is 0.463 e. The predicted octanol–water partition coefficient (Wildman–Crippen LogP) is 4.27. The highest BCUT2D eigenvalue weighted by Gasteiger charge is 2.26. The van der Waals surface area contributed by atoms with Crippen molar-refractivity contribution in [3.05, 3.63) is 71.8 Å². The van der Waals surface area contributed by atoms with Crippen molar-refractivity contribution in [1.29, 1.82) is 0 Å². The van der Waals surface area contributed by atoms with Gasteiger partial charge < -0.3 is 4.74 Å². The van der Waals surface area contributed by atoms with Crippen LogP contribution >= 0.6 is 12.4 Å².